The van der Waals surface area contributed by atoms with Gasteiger partial charge in [-0.3, -0.25) is 4.79 Å². The number of nitrogens with one attached hydrogen (secondary N) is 1. The molecule has 0 aliphatic heterocycles. The number of nitrogens with two attached hydrogens (primary N) is 1. The third kappa shape index (κ3) is 3.35. The molecule has 0 aliphatic carbocycles. The van der Waals surface area contributed by atoms with E-state index in [-0.39, 0.29) is 17.8 Å². The number of amidine groups is 1. The zero-order valence-electron chi connectivity index (χ0n) is 13.2. The Balaban J connectivity index is 3.00. The molecule has 0 radical (unpaired) electrons. The second kappa shape index (κ2) is 7.11. The van der Waals surface area contributed by atoms with Crippen LogP contribution in [0.25, 0.3) is 0 Å². The first-order valence-corrected chi connectivity index (χ1v) is 7.27. The maximum atomic E-state index is 12.6. The van der Waals surface area contributed by atoms with Crippen LogP contribution in [-0.2, 0) is 4.79 Å². The fourth-order valence-corrected chi connectivity index (χ4v) is 2.63. The summed E-state index contributed by atoms with van der Waals surface area (Å²) in [7, 11) is 0. The summed E-state index contributed by atoms with van der Waals surface area (Å²) in [6, 6.07) is 7.77. The molecular weight excluding hydrogens is 266 g/mol. The Kier molecular flexibility index (Phi) is 5.76. The molecule has 0 spiro atoms. The molecule has 1 unspecified atom stereocenters. The van der Waals surface area contributed by atoms with Crippen molar-refractivity contribution < 1.29 is 10.0 Å². The zero-order valence-corrected chi connectivity index (χ0v) is 13.2. The maximum Gasteiger partial charge on any atom is 0.234 e. The first-order chi connectivity index (χ1) is 9.92. The SMILES string of the molecule is CCC(CC)(C(=O)NC(C)c1ccccc1C)C(N)=NO. The molecule has 0 aromatic heterocycles. The standard InChI is InChI=1S/C16H25N3O2/c1-5-16(6-2,14(17)19-21)15(20)18-12(4)13-10-8-7-9-11(13)3/h7-10,12,21H,5-6H2,1-4H3,(H2,17,19)(H,18,20). The summed E-state index contributed by atoms with van der Waals surface area (Å²) in [5.74, 6) is -0.250. The molecule has 1 aromatic rings. The Labute approximate surface area is 126 Å². The van der Waals surface area contributed by atoms with Gasteiger partial charge in [0.1, 0.15) is 5.41 Å². The number of aryl methyl sites for hydroxylation is 1. The van der Waals surface area contributed by atoms with E-state index < -0.39 is 5.41 Å². The number of benzene rings is 1. The van der Waals surface area contributed by atoms with E-state index in [1.54, 1.807) is 0 Å². The van der Waals surface area contributed by atoms with Crippen LogP contribution in [0.1, 0.15) is 50.8 Å². The second-order valence-corrected chi connectivity index (χ2v) is 5.33. The molecule has 0 aliphatic rings. The zero-order chi connectivity index (χ0) is 16.0. The quantitative estimate of drug-likeness (QED) is 0.326. The fraction of sp³-hybridized carbons (Fsp3) is 0.500. The van der Waals surface area contributed by atoms with Gasteiger partial charge in [-0.25, -0.2) is 0 Å². The van der Waals surface area contributed by atoms with Crippen molar-refractivity contribution in [3.8, 4) is 0 Å². The van der Waals surface area contributed by atoms with E-state index in [2.05, 4.69) is 10.5 Å². The van der Waals surface area contributed by atoms with Gasteiger partial charge in [0, 0.05) is 0 Å². The van der Waals surface area contributed by atoms with Crippen molar-refractivity contribution in [2.45, 2.75) is 46.6 Å². The Morgan fingerprint density at radius 1 is 1.38 bits per heavy atom. The molecule has 0 saturated carbocycles. The van der Waals surface area contributed by atoms with Crippen LogP contribution in [0, 0.1) is 12.3 Å². The number of oxime groups is 1. The summed E-state index contributed by atoms with van der Waals surface area (Å²) in [4.78, 5) is 12.6. The van der Waals surface area contributed by atoms with Crippen molar-refractivity contribution in [1.29, 1.82) is 0 Å². The van der Waals surface area contributed by atoms with Crippen LogP contribution < -0.4 is 11.1 Å². The van der Waals surface area contributed by atoms with Gasteiger partial charge in [0.05, 0.1) is 6.04 Å². The minimum atomic E-state index is -0.967. The van der Waals surface area contributed by atoms with E-state index >= 15 is 0 Å². The number of carbonyl (C=O) groups excluding carboxylic acids is 1. The first kappa shape index (κ1) is 17.0. The van der Waals surface area contributed by atoms with Gasteiger partial charge in [0.15, 0.2) is 5.84 Å². The Morgan fingerprint density at radius 3 is 2.43 bits per heavy atom. The minimum Gasteiger partial charge on any atom is -0.409 e. The molecular formula is C16H25N3O2. The lowest BCUT2D eigenvalue weighted by Gasteiger charge is -2.30. The molecule has 21 heavy (non-hydrogen) atoms. The van der Waals surface area contributed by atoms with Crippen LogP contribution in [0.3, 0.4) is 0 Å². The molecule has 1 atom stereocenters. The average molecular weight is 291 g/mol. The lowest BCUT2D eigenvalue weighted by atomic mass is 9.79. The lowest BCUT2D eigenvalue weighted by Crippen LogP contribution is -2.49. The largest absolute Gasteiger partial charge is 0.409 e. The van der Waals surface area contributed by atoms with Crippen LogP contribution >= 0.6 is 0 Å². The minimum absolute atomic E-state index is 0.0398. The Hall–Kier alpha value is -2.04. The summed E-state index contributed by atoms with van der Waals surface area (Å²) >= 11 is 0. The van der Waals surface area contributed by atoms with Gasteiger partial charge in [0.2, 0.25) is 5.91 Å². The van der Waals surface area contributed by atoms with Crippen LogP contribution in [0.4, 0.5) is 0 Å². The van der Waals surface area contributed by atoms with Crippen molar-refractivity contribution in [3.63, 3.8) is 0 Å². The van der Waals surface area contributed by atoms with Crippen molar-refractivity contribution in [3.05, 3.63) is 35.4 Å². The highest BCUT2D eigenvalue weighted by molar-refractivity contribution is 6.06. The van der Waals surface area contributed by atoms with Crippen molar-refractivity contribution in [2.24, 2.45) is 16.3 Å². The summed E-state index contributed by atoms with van der Waals surface area (Å²) in [5, 5.41) is 15.0. The van der Waals surface area contributed by atoms with E-state index in [9.17, 15) is 4.79 Å². The van der Waals surface area contributed by atoms with Crippen LogP contribution in [0.5, 0.6) is 0 Å². The fourth-order valence-electron chi connectivity index (χ4n) is 2.63. The molecule has 4 N–H and O–H groups in total. The van der Waals surface area contributed by atoms with E-state index in [1.165, 1.54) is 0 Å². The predicted molar refractivity (Wildman–Crippen MR) is 84.2 cm³/mol. The van der Waals surface area contributed by atoms with Gasteiger partial charge < -0.3 is 16.3 Å². The molecule has 0 heterocycles. The number of nitrogens with zero attached hydrogens (tertiary/aromatic N) is 1. The number of hydrogen-bond acceptors (Lipinski definition) is 3. The van der Waals surface area contributed by atoms with E-state index in [0.29, 0.717) is 12.8 Å². The van der Waals surface area contributed by atoms with Crippen LogP contribution in [0.2, 0.25) is 0 Å². The third-order valence-corrected chi connectivity index (χ3v) is 4.24. The van der Waals surface area contributed by atoms with Crippen molar-refractivity contribution in [2.75, 3.05) is 0 Å². The number of hydrogen-bond donors (Lipinski definition) is 3. The van der Waals surface area contributed by atoms with E-state index in [4.69, 9.17) is 10.9 Å². The summed E-state index contributed by atoms with van der Waals surface area (Å²) in [5.41, 5.74) is 6.97. The molecule has 1 aromatic carbocycles. The van der Waals surface area contributed by atoms with Crippen molar-refractivity contribution >= 4 is 11.7 Å². The smallest absolute Gasteiger partial charge is 0.234 e. The van der Waals surface area contributed by atoms with Gasteiger partial charge in [-0.15, -0.1) is 0 Å². The normalized spacial score (nSPS) is 13.8. The topological polar surface area (TPSA) is 87.7 Å². The second-order valence-electron chi connectivity index (χ2n) is 5.33. The molecule has 116 valence electrons. The van der Waals surface area contributed by atoms with Gasteiger partial charge in [-0.1, -0.05) is 43.3 Å². The molecule has 5 nitrogen and oxygen atoms in total. The van der Waals surface area contributed by atoms with E-state index in [0.717, 1.165) is 11.1 Å². The maximum absolute atomic E-state index is 12.6. The monoisotopic (exact) mass is 291 g/mol. The lowest BCUT2D eigenvalue weighted by molar-refractivity contribution is -0.128. The highest BCUT2D eigenvalue weighted by Gasteiger charge is 2.40. The Bertz CT molecular complexity index is 522. The van der Waals surface area contributed by atoms with E-state index in [1.807, 2.05) is 52.0 Å². The number of carbonyl (C=O) groups is 1. The highest BCUT2D eigenvalue weighted by Crippen LogP contribution is 2.28. The number of rotatable bonds is 6. The molecule has 1 amide bonds. The Morgan fingerprint density at radius 2 is 1.95 bits per heavy atom. The molecule has 0 bridgehead atoms. The summed E-state index contributed by atoms with van der Waals surface area (Å²) in [6.45, 7) is 7.66. The first-order valence-electron chi connectivity index (χ1n) is 7.27. The molecule has 5 heteroatoms. The number of amides is 1. The predicted octanol–water partition coefficient (Wildman–Crippen LogP) is 2.73. The summed E-state index contributed by atoms with van der Waals surface area (Å²) in [6.07, 6.45) is 0.956. The van der Waals surface area contributed by atoms with Crippen molar-refractivity contribution in [1.82, 2.24) is 5.32 Å². The highest BCUT2D eigenvalue weighted by atomic mass is 16.4. The van der Waals surface area contributed by atoms with Crippen LogP contribution in [0.15, 0.2) is 29.4 Å². The summed E-state index contributed by atoms with van der Waals surface area (Å²) < 4.78 is 0. The average Bonchev–Trinajstić information content (AvgIpc) is 2.49. The van der Waals surface area contributed by atoms with Gasteiger partial charge in [0.25, 0.3) is 0 Å². The molecule has 1 rings (SSSR count). The molecule has 0 fully saturated rings. The molecule has 0 saturated heterocycles. The van der Waals surface area contributed by atoms with Gasteiger partial charge >= 0.3 is 0 Å². The van der Waals surface area contributed by atoms with Gasteiger partial charge in [-0.2, -0.15) is 0 Å². The third-order valence-electron chi connectivity index (χ3n) is 4.24. The van der Waals surface area contributed by atoms with Crippen LogP contribution in [-0.4, -0.2) is 17.0 Å². The van der Waals surface area contributed by atoms with Gasteiger partial charge in [-0.05, 0) is 37.8 Å².